The predicted molar refractivity (Wildman–Crippen MR) is 95.9 cm³/mol. The first-order valence-corrected chi connectivity index (χ1v) is 9.34. The van der Waals surface area contributed by atoms with E-state index in [1.54, 1.807) is 0 Å². The van der Waals surface area contributed by atoms with Gasteiger partial charge in [-0.25, -0.2) is 4.98 Å². The minimum atomic E-state index is -0.0804. The standard InChI is InChI=1S/C18H21N3O2S/c22-17(20-18-19-14-8-11-23-12-16(14)24-18)13-6-2-3-7-15(13)21-9-4-1-5-10-21/h2-3,6-7H,1,4-5,8-12H2,(H,19,20,22). The lowest BCUT2D eigenvalue weighted by Gasteiger charge is -2.30. The minimum absolute atomic E-state index is 0.0804. The molecule has 0 spiro atoms. The summed E-state index contributed by atoms with van der Waals surface area (Å²) < 4.78 is 5.45. The van der Waals surface area contributed by atoms with Crippen molar-refractivity contribution in [1.82, 2.24) is 4.98 Å². The molecule has 0 bridgehead atoms. The molecule has 0 saturated carbocycles. The number of carbonyl (C=O) groups excluding carboxylic acids is 1. The van der Waals surface area contributed by atoms with Crippen LogP contribution in [0.1, 0.15) is 40.2 Å². The van der Waals surface area contributed by atoms with Gasteiger partial charge >= 0.3 is 0 Å². The number of fused-ring (bicyclic) bond motifs is 1. The van der Waals surface area contributed by atoms with Gasteiger partial charge in [0.1, 0.15) is 0 Å². The number of hydrogen-bond donors (Lipinski definition) is 1. The van der Waals surface area contributed by atoms with Crippen LogP contribution >= 0.6 is 11.3 Å². The Hall–Kier alpha value is -1.92. The largest absolute Gasteiger partial charge is 0.375 e. The van der Waals surface area contributed by atoms with E-state index in [-0.39, 0.29) is 5.91 Å². The van der Waals surface area contributed by atoms with E-state index in [0.717, 1.165) is 41.3 Å². The first-order chi connectivity index (χ1) is 11.8. The summed E-state index contributed by atoms with van der Waals surface area (Å²) in [5.74, 6) is -0.0804. The highest BCUT2D eigenvalue weighted by atomic mass is 32.1. The summed E-state index contributed by atoms with van der Waals surface area (Å²) in [6, 6.07) is 7.86. The van der Waals surface area contributed by atoms with Crippen molar-refractivity contribution in [3.05, 3.63) is 40.4 Å². The number of thiazole rings is 1. The van der Waals surface area contributed by atoms with Crippen LogP contribution in [-0.2, 0) is 17.8 Å². The molecule has 2 aliphatic rings. The number of nitrogens with one attached hydrogen (secondary N) is 1. The Kier molecular flexibility index (Phi) is 4.49. The maximum Gasteiger partial charge on any atom is 0.259 e. The number of anilines is 2. The summed E-state index contributed by atoms with van der Waals surface area (Å²) >= 11 is 1.52. The molecule has 6 heteroatoms. The molecule has 0 unspecified atom stereocenters. The third-order valence-electron chi connectivity index (χ3n) is 4.56. The molecule has 4 rings (SSSR count). The van der Waals surface area contributed by atoms with Gasteiger partial charge < -0.3 is 9.64 Å². The average Bonchev–Trinajstić information content (AvgIpc) is 3.04. The molecule has 1 fully saturated rings. The van der Waals surface area contributed by atoms with Crippen molar-refractivity contribution >= 4 is 28.1 Å². The zero-order valence-corrected chi connectivity index (χ0v) is 14.4. The maximum absolute atomic E-state index is 12.8. The van der Waals surface area contributed by atoms with E-state index in [9.17, 15) is 4.79 Å². The average molecular weight is 343 g/mol. The molecule has 1 saturated heterocycles. The summed E-state index contributed by atoms with van der Waals surface area (Å²) in [5, 5.41) is 3.65. The molecule has 1 aromatic heterocycles. The van der Waals surface area contributed by atoms with Crippen molar-refractivity contribution in [2.75, 3.05) is 29.9 Å². The topological polar surface area (TPSA) is 54.5 Å². The second-order valence-corrected chi connectivity index (χ2v) is 7.29. The van der Waals surface area contributed by atoms with E-state index in [0.29, 0.717) is 18.3 Å². The van der Waals surface area contributed by atoms with Gasteiger partial charge in [0, 0.05) is 25.2 Å². The monoisotopic (exact) mass is 343 g/mol. The highest BCUT2D eigenvalue weighted by molar-refractivity contribution is 7.15. The summed E-state index contributed by atoms with van der Waals surface area (Å²) in [7, 11) is 0. The zero-order valence-electron chi connectivity index (χ0n) is 13.6. The normalized spacial score (nSPS) is 17.4. The fourth-order valence-electron chi connectivity index (χ4n) is 3.32. The quantitative estimate of drug-likeness (QED) is 0.927. The van der Waals surface area contributed by atoms with Crippen LogP contribution in [0.3, 0.4) is 0 Å². The molecular weight excluding hydrogens is 322 g/mol. The van der Waals surface area contributed by atoms with E-state index < -0.39 is 0 Å². The Bertz CT molecular complexity index is 714. The molecule has 2 aromatic rings. The summed E-state index contributed by atoms with van der Waals surface area (Å²) in [4.78, 5) is 20.8. The van der Waals surface area contributed by atoms with E-state index in [4.69, 9.17) is 4.74 Å². The molecule has 3 heterocycles. The number of ether oxygens (including phenoxy) is 1. The molecule has 1 N–H and O–H groups in total. The van der Waals surface area contributed by atoms with Crippen molar-refractivity contribution in [2.24, 2.45) is 0 Å². The van der Waals surface area contributed by atoms with E-state index in [1.807, 2.05) is 24.3 Å². The van der Waals surface area contributed by atoms with Crippen LogP contribution in [0.2, 0.25) is 0 Å². The third-order valence-corrected chi connectivity index (χ3v) is 5.55. The first kappa shape index (κ1) is 15.6. The maximum atomic E-state index is 12.8. The molecular formula is C18H21N3O2S. The highest BCUT2D eigenvalue weighted by Crippen LogP contribution is 2.29. The van der Waals surface area contributed by atoms with Gasteiger partial charge in [-0.1, -0.05) is 23.5 Å². The van der Waals surface area contributed by atoms with Crippen molar-refractivity contribution < 1.29 is 9.53 Å². The van der Waals surface area contributed by atoms with Crippen molar-refractivity contribution in [2.45, 2.75) is 32.3 Å². The van der Waals surface area contributed by atoms with E-state index in [2.05, 4.69) is 15.2 Å². The zero-order chi connectivity index (χ0) is 16.4. The number of rotatable bonds is 3. The summed E-state index contributed by atoms with van der Waals surface area (Å²) in [5.41, 5.74) is 2.81. The van der Waals surface area contributed by atoms with Gasteiger partial charge in [-0.05, 0) is 31.4 Å². The Morgan fingerprint density at radius 1 is 1.21 bits per heavy atom. The summed E-state index contributed by atoms with van der Waals surface area (Å²) in [6.07, 6.45) is 4.48. The first-order valence-electron chi connectivity index (χ1n) is 8.53. The molecule has 0 atom stereocenters. The van der Waals surface area contributed by atoms with Crippen LogP contribution in [0.5, 0.6) is 0 Å². The van der Waals surface area contributed by atoms with E-state index in [1.165, 1.54) is 30.6 Å². The van der Waals surface area contributed by atoms with Crippen molar-refractivity contribution in [1.29, 1.82) is 0 Å². The third kappa shape index (κ3) is 3.16. The van der Waals surface area contributed by atoms with Crippen molar-refractivity contribution in [3.8, 4) is 0 Å². The molecule has 24 heavy (non-hydrogen) atoms. The van der Waals surface area contributed by atoms with Crippen LogP contribution in [0, 0.1) is 0 Å². The molecule has 5 nitrogen and oxygen atoms in total. The number of aromatic nitrogens is 1. The number of para-hydroxylation sites is 1. The molecule has 1 aromatic carbocycles. The summed E-state index contributed by atoms with van der Waals surface area (Å²) in [6.45, 7) is 3.36. The Morgan fingerprint density at radius 3 is 2.88 bits per heavy atom. The fourth-order valence-corrected chi connectivity index (χ4v) is 4.26. The van der Waals surface area contributed by atoms with Crippen LogP contribution in [0.15, 0.2) is 24.3 Å². The van der Waals surface area contributed by atoms with Crippen LogP contribution in [0.25, 0.3) is 0 Å². The van der Waals surface area contributed by atoms with Gasteiger partial charge in [-0.2, -0.15) is 0 Å². The second kappa shape index (κ2) is 6.91. The second-order valence-electron chi connectivity index (χ2n) is 6.21. The van der Waals surface area contributed by atoms with Gasteiger partial charge in [0.2, 0.25) is 0 Å². The number of benzene rings is 1. The molecule has 126 valence electrons. The molecule has 2 aliphatic heterocycles. The van der Waals surface area contributed by atoms with Gasteiger partial charge in [0.15, 0.2) is 5.13 Å². The lowest BCUT2D eigenvalue weighted by molar-refractivity contribution is 0.102. The van der Waals surface area contributed by atoms with Gasteiger partial charge in [-0.15, -0.1) is 0 Å². The van der Waals surface area contributed by atoms with Crippen LogP contribution in [-0.4, -0.2) is 30.6 Å². The highest BCUT2D eigenvalue weighted by Gasteiger charge is 2.21. The predicted octanol–water partition coefficient (Wildman–Crippen LogP) is 3.46. The van der Waals surface area contributed by atoms with E-state index >= 15 is 0 Å². The van der Waals surface area contributed by atoms with Crippen LogP contribution < -0.4 is 10.2 Å². The molecule has 0 aliphatic carbocycles. The number of carbonyl (C=O) groups is 1. The lowest BCUT2D eigenvalue weighted by atomic mass is 10.1. The number of hydrogen-bond acceptors (Lipinski definition) is 5. The van der Waals surface area contributed by atoms with Crippen molar-refractivity contribution in [3.63, 3.8) is 0 Å². The van der Waals surface area contributed by atoms with Gasteiger partial charge in [-0.3, -0.25) is 10.1 Å². The van der Waals surface area contributed by atoms with Gasteiger partial charge in [0.25, 0.3) is 5.91 Å². The number of amides is 1. The Balaban J connectivity index is 1.55. The molecule has 1 amide bonds. The smallest absolute Gasteiger partial charge is 0.259 e. The number of piperidine rings is 1. The fraction of sp³-hybridized carbons (Fsp3) is 0.444. The SMILES string of the molecule is O=C(Nc1nc2c(s1)COCC2)c1ccccc1N1CCCCC1. The van der Waals surface area contributed by atoms with Gasteiger partial charge in [0.05, 0.1) is 29.3 Å². The van der Waals surface area contributed by atoms with Crippen LogP contribution in [0.4, 0.5) is 10.8 Å². The lowest BCUT2D eigenvalue weighted by Crippen LogP contribution is -2.31. The minimum Gasteiger partial charge on any atom is -0.375 e. The Labute approximate surface area is 145 Å². The molecule has 0 radical (unpaired) electrons. The Morgan fingerprint density at radius 2 is 2.04 bits per heavy atom. The number of nitrogens with zero attached hydrogens (tertiary/aromatic N) is 2.